The fraction of sp³-hybridized carbons (Fsp3) is 0.368. The van der Waals surface area contributed by atoms with E-state index in [1.54, 1.807) is 12.5 Å². The van der Waals surface area contributed by atoms with Crippen LogP contribution in [-0.2, 0) is 15.6 Å². The highest BCUT2D eigenvalue weighted by Gasteiger charge is 2.45. The van der Waals surface area contributed by atoms with Crippen molar-refractivity contribution in [2.24, 2.45) is 5.92 Å². The molecule has 0 unspecified atom stereocenters. The molecule has 0 spiro atoms. The van der Waals surface area contributed by atoms with Crippen molar-refractivity contribution < 1.29 is 9.00 Å². The summed E-state index contributed by atoms with van der Waals surface area (Å²) in [5.41, 5.74) is 2.20. The van der Waals surface area contributed by atoms with Crippen molar-refractivity contribution in [1.29, 1.82) is 0 Å². The Morgan fingerprint density at radius 2 is 2.00 bits per heavy atom. The Morgan fingerprint density at radius 1 is 1.29 bits per heavy atom. The molecule has 0 bridgehead atoms. The van der Waals surface area contributed by atoms with Gasteiger partial charge in [0.15, 0.2) is 0 Å². The minimum Gasteiger partial charge on any atom is -0.339 e. The molecule has 1 fully saturated rings. The number of pyridine rings is 1. The van der Waals surface area contributed by atoms with Crippen LogP contribution < -0.4 is 0 Å². The first-order chi connectivity index (χ1) is 11.5. The molecule has 0 radical (unpaired) electrons. The fourth-order valence-corrected chi connectivity index (χ4v) is 3.56. The quantitative estimate of drug-likeness (QED) is 0.839. The van der Waals surface area contributed by atoms with Gasteiger partial charge < -0.3 is 4.90 Å². The van der Waals surface area contributed by atoms with Crippen LogP contribution in [0.25, 0.3) is 0 Å². The van der Waals surface area contributed by atoms with Crippen molar-refractivity contribution in [3.05, 3.63) is 59.9 Å². The molecule has 1 saturated carbocycles. The number of rotatable bonds is 5. The third-order valence-electron chi connectivity index (χ3n) is 4.84. The normalized spacial score (nSPS) is 21.8. The predicted octanol–water partition coefficient (Wildman–Crippen LogP) is 3.14. The molecule has 1 aromatic heterocycles. The van der Waals surface area contributed by atoms with Crippen LogP contribution >= 0.6 is 0 Å². The standard InChI is InChI=1S/C19H22N2O2S/c1-13(14-6-8-16(9-7-14)24(3)23)21(2)19(22)18-11-17(18)15-5-4-10-20-12-15/h4-10,12-13,17-18H,11H2,1-3H3/t13-,17-,18+,24+/m0/s1. The molecule has 4 atom stereocenters. The number of hydrogen-bond donors (Lipinski definition) is 0. The molecule has 24 heavy (non-hydrogen) atoms. The first-order valence-corrected chi connectivity index (χ1v) is 9.65. The van der Waals surface area contributed by atoms with E-state index in [1.807, 2.05) is 61.5 Å². The molecular weight excluding hydrogens is 320 g/mol. The smallest absolute Gasteiger partial charge is 0.226 e. The highest BCUT2D eigenvalue weighted by Crippen LogP contribution is 2.48. The van der Waals surface area contributed by atoms with E-state index in [0.29, 0.717) is 5.92 Å². The van der Waals surface area contributed by atoms with Crippen LogP contribution in [-0.4, -0.2) is 33.3 Å². The molecular formula is C19H22N2O2S. The third kappa shape index (κ3) is 3.41. The highest BCUT2D eigenvalue weighted by molar-refractivity contribution is 7.84. The van der Waals surface area contributed by atoms with Gasteiger partial charge in [-0.25, -0.2) is 0 Å². The van der Waals surface area contributed by atoms with Gasteiger partial charge in [-0.15, -0.1) is 0 Å². The minimum atomic E-state index is -0.980. The summed E-state index contributed by atoms with van der Waals surface area (Å²) in [6.07, 6.45) is 6.17. The number of carbonyl (C=O) groups is 1. The molecule has 1 aromatic carbocycles. The molecule has 3 rings (SSSR count). The molecule has 0 saturated heterocycles. The number of amides is 1. The van der Waals surface area contributed by atoms with Gasteiger partial charge in [-0.05, 0) is 48.6 Å². The Labute approximate surface area is 145 Å². The minimum absolute atomic E-state index is 0.00742. The average Bonchev–Trinajstić information content (AvgIpc) is 3.41. The van der Waals surface area contributed by atoms with Crippen molar-refractivity contribution in [1.82, 2.24) is 9.88 Å². The van der Waals surface area contributed by atoms with E-state index in [0.717, 1.165) is 22.4 Å². The van der Waals surface area contributed by atoms with Crippen LogP contribution in [0.2, 0.25) is 0 Å². The zero-order valence-corrected chi connectivity index (χ0v) is 15.0. The van der Waals surface area contributed by atoms with Gasteiger partial charge in [0.05, 0.1) is 6.04 Å². The summed E-state index contributed by atoms with van der Waals surface area (Å²) in [7, 11) is 0.879. The Hall–Kier alpha value is -2.01. The summed E-state index contributed by atoms with van der Waals surface area (Å²) in [6, 6.07) is 11.6. The predicted molar refractivity (Wildman–Crippen MR) is 95.0 cm³/mol. The van der Waals surface area contributed by atoms with Crippen molar-refractivity contribution in [3.8, 4) is 0 Å². The Balaban J connectivity index is 1.66. The Kier molecular flexibility index (Phi) is 4.81. The maximum atomic E-state index is 12.7. The first kappa shape index (κ1) is 16.8. The molecule has 1 heterocycles. The Bertz CT molecular complexity index is 746. The number of benzene rings is 1. The van der Waals surface area contributed by atoms with Crippen molar-refractivity contribution >= 4 is 16.7 Å². The third-order valence-corrected chi connectivity index (χ3v) is 5.78. The molecule has 4 nitrogen and oxygen atoms in total. The number of nitrogens with zero attached hydrogens (tertiary/aromatic N) is 2. The second-order valence-electron chi connectivity index (χ2n) is 6.38. The Morgan fingerprint density at radius 3 is 2.58 bits per heavy atom. The highest BCUT2D eigenvalue weighted by atomic mass is 32.2. The summed E-state index contributed by atoms with van der Waals surface area (Å²) >= 11 is 0. The van der Waals surface area contributed by atoms with Crippen LogP contribution in [0.1, 0.15) is 36.4 Å². The lowest BCUT2D eigenvalue weighted by Crippen LogP contribution is -2.31. The van der Waals surface area contributed by atoms with Gasteiger partial charge in [0, 0.05) is 47.3 Å². The van der Waals surface area contributed by atoms with Gasteiger partial charge in [-0.1, -0.05) is 18.2 Å². The lowest BCUT2D eigenvalue weighted by molar-refractivity contribution is -0.133. The number of hydrogen-bond acceptors (Lipinski definition) is 3. The second-order valence-corrected chi connectivity index (χ2v) is 7.76. The van der Waals surface area contributed by atoms with Gasteiger partial charge in [-0.3, -0.25) is 14.0 Å². The van der Waals surface area contributed by atoms with E-state index in [-0.39, 0.29) is 17.9 Å². The van der Waals surface area contributed by atoms with E-state index < -0.39 is 10.8 Å². The van der Waals surface area contributed by atoms with Crippen LogP contribution in [0.4, 0.5) is 0 Å². The molecule has 2 aromatic rings. The topological polar surface area (TPSA) is 50.3 Å². The summed E-state index contributed by atoms with van der Waals surface area (Å²) < 4.78 is 11.5. The van der Waals surface area contributed by atoms with Crippen LogP contribution in [0.15, 0.2) is 53.7 Å². The summed E-state index contributed by atoms with van der Waals surface area (Å²) in [6.45, 7) is 2.03. The second kappa shape index (κ2) is 6.85. The van der Waals surface area contributed by atoms with E-state index in [9.17, 15) is 9.00 Å². The van der Waals surface area contributed by atoms with E-state index in [1.165, 1.54) is 0 Å². The van der Waals surface area contributed by atoms with Crippen LogP contribution in [0, 0.1) is 5.92 Å². The van der Waals surface area contributed by atoms with Crippen molar-refractivity contribution in [2.45, 2.75) is 30.2 Å². The van der Waals surface area contributed by atoms with Crippen LogP contribution in [0.3, 0.4) is 0 Å². The first-order valence-electron chi connectivity index (χ1n) is 8.09. The molecule has 0 aliphatic heterocycles. The maximum Gasteiger partial charge on any atom is 0.226 e. The van der Waals surface area contributed by atoms with Crippen molar-refractivity contribution in [2.75, 3.05) is 13.3 Å². The SMILES string of the molecule is C[C@@H](c1ccc([S@@](C)=O)cc1)N(C)C(=O)[C@@H]1C[C@H]1c1cccnc1. The van der Waals surface area contributed by atoms with Crippen LogP contribution in [0.5, 0.6) is 0 Å². The molecule has 1 amide bonds. The molecule has 0 N–H and O–H groups in total. The van der Waals surface area contributed by atoms with E-state index >= 15 is 0 Å². The molecule has 1 aliphatic rings. The molecule has 126 valence electrons. The van der Waals surface area contributed by atoms with Gasteiger partial charge in [-0.2, -0.15) is 0 Å². The zero-order valence-electron chi connectivity index (χ0n) is 14.2. The molecule has 1 aliphatic carbocycles. The zero-order chi connectivity index (χ0) is 17.3. The largest absolute Gasteiger partial charge is 0.339 e. The summed E-state index contributed by atoms with van der Waals surface area (Å²) in [5, 5.41) is 0. The van der Waals surface area contributed by atoms with Crippen molar-refractivity contribution in [3.63, 3.8) is 0 Å². The fourth-order valence-electron chi connectivity index (χ4n) is 3.05. The van der Waals surface area contributed by atoms with Gasteiger partial charge in [0.25, 0.3) is 0 Å². The average molecular weight is 342 g/mol. The van der Waals surface area contributed by atoms with E-state index in [4.69, 9.17) is 0 Å². The lowest BCUT2D eigenvalue weighted by Gasteiger charge is -2.26. The van der Waals surface area contributed by atoms with Gasteiger partial charge in [0.2, 0.25) is 5.91 Å². The monoisotopic (exact) mass is 342 g/mol. The lowest BCUT2D eigenvalue weighted by atomic mass is 10.1. The van der Waals surface area contributed by atoms with E-state index in [2.05, 4.69) is 4.98 Å². The van der Waals surface area contributed by atoms with Gasteiger partial charge >= 0.3 is 0 Å². The maximum absolute atomic E-state index is 12.7. The summed E-state index contributed by atoms with van der Waals surface area (Å²) in [5.74, 6) is 0.536. The molecule has 5 heteroatoms. The number of carbonyl (C=O) groups excluding carboxylic acids is 1. The van der Waals surface area contributed by atoms with Gasteiger partial charge in [0.1, 0.15) is 0 Å². The summed E-state index contributed by atoms with van der Waals surface area (Å²) in [4.78, 5) is 19.5. The number of aromatic nitrogens is 1.